The highest BCUT2D eigenvalue weighted by Crippen LogP contribution is 2.26. The zero-order valence-electron chi connectivity index (χ0n) is 21.2. The molecule has 0 heterocycles. The summed E-state index contributed by atoms with van der Waals surface area (Å²) in [5.41, 5.74) is 2.94. The van der Waals surface area contributed by atoms with Gasteiger partial charge in [0.2, 0.25) is 0 Å². The fourth-order valence-corrected chi connectivity index (χ4v) is 3.86. The van der Waals surface area contributed by atoms with E-state index in [-0.39, 0.29) is 19.6 Å². The first-order valence-corrected chi connectivity index (χ1v) is 12.5. The number of amides is 1. The lowest BCUT2D eigenvalue weighted by molar-refractivity contribution is -0.150. The van der Waals surface area contributed by atoms with Gasteiger partial charge in [-0.05, 0) is 41.0 Å². The van der Waals surface area contributed by atoms with Crippen molar-refractivity contribution in [2.75, 3.05) is 6.61 Å². The van der Waals surface area contributed by atoms with Crippen LogP contribution in [-0.4, -0.2) is 24.7 Å². The summed E-state index contributed by atoms with van der Waals surface area (Å²) in [4.78, 5) is 26.1. The maximum absolute atomic E-state index is 13.5. The van der Waals surface area contributed by atoms with E-state index in [1.54, 1.807) is 24.3 Å². The second-order valence-electron chi connectivity index (χ2n) is 8.67. The van der Waals surface area contributed by atoms with Crippen LogP contribution in [0.25, 0.3) is 0 Å². The first kappa shape index (κ1) is 27.0. The third-order valence-corrected chi connectivity index (χ3v) is 5.89. The zero-order chi connectivity index (χ0) is 27.3. The molecule has 7 heteroatoms. The number of carbonyl (C=O) groups is 2. The first-order chi connectivity index (χ1) is 19.1. The predicted molar refractivity (Wildman–Crippen MR) is 146 cm³/mol. The lowest BCUT2D eigenvalue weighted by atomic mass is 10.0. The fraction of sp³-hybridized carbons (Fsp3) is 0.156. The average Bonchev–Trinajstić information content (AvgIpc) is 3.00. The van der Waals surface area contributed by atoms with Gasteiger partial charge in [0.15, 0.2) is 6.10 Å². The van der Waals surface area contributed by atoms with E-state index >= 15 is 0 Å². The molecule has 0 bridgehead atoms. The molecule has 0 aliphatic carbocycles. The molecule has 0 saturated heterocycles. The molecule has 4 aromatic carbocycles. The highest BCUT2D eigenvalue weighted by atomic mass is 16.6. The van der Waals surface area contributed by atoms with Gasteiger partial charge in [-0.3, -0.25) is 0 Å². The largest absolute Gasteiger partial charge is 0.493 e. The summed E-state index contributed by atoms with van der Waals surface area (Å²) in [5.74, 6) is -0.0768. The fourth-order valence-electron chi connectivity index (χ4n) is 3.86. The standard InChI is InChI=1S/C32H28N2O5/c33-22-24-16-18-28(19-17-24)37-21-20-29(34-32(36)38-23-25-10-4-1-5-11-25)31(35)39-30(26-12-6-2-7-13-26)27-14-8-3-9-15-27/h1-19,29-30H,20-21,23H2,(H,34,36)/t29-/m1/s1. The van der Waals surface area contributed by atoms with Gasteiger partial charge in [-0.1, -0.05) is 91.0 Å². The highest BCUT2D eigenvalue weighted by molar-refractivity contribution is 5.81. The van der Waals surface area contributed by atoms with E-state index in [9.17, 15) is 9.59 Å². The zero-order valence-corrected chi connectivity index (χ0v) is 21.2. The average molecular weight is 521 g/mol. The highest BCUT2D eigenvalue weighted by Gasteiger charge is 2.27. The van der Waals surface area contributed by atoms with Crippen molar-refractivity contribution in [3.05, 3.63) is 138 Å². The van der Waals surface area contributed by atoms with Crippen LogP contribution in [0.4, 0.5) is 4.79 Å². The smallest absolute Gasteiger partial charge is 0.408 e. The van der Waals surface area contributed by atoms with Crippen molar-refractivity contribution in [3.63, 3.8) is 0 Å². The Morgan fingerprint density at radius 2 is 1.33 bits per heavy atom. The summed E-state index contributed by atoms with van der Waals surface area (Å²) in [6, 6.07) is 35.8. The van der Waals surface area contributed by atoms with Crippen molar-refractivity contribution in [1.82, 2.24) is 5.32 Å². The topological polar surface area (TPSA) is 97.6 Å². The van der Waals surface area contributed by atoms with Crippen molar-refractivity contribution in [3.8, 4) is 11.8 Å². The molecule has 0 aliphatic heterocycles. The van der Waals surface area contributed by atoms with E-state index in [0.29, 0.717) is 11.3 Å². The Balaban J connectivity index is 1.46. The van der Waals surface area contributed by atoms with Crippen molar-refractivity contribution >= 4 is 12.1 Å². The Kier molecular flexibility index (Phi) is 9.68. The van der Waals surface area contributed by atoms with E-state index in [1.807, 2.05) is 91.0 Å². The molecular formula is C32H28N2O5. The number of rotatable bonds is 11. The minimum absolute atomic E-state index is 0.0623. The third-order valence-electron chi connectivity index (χ3n) is 5.89. The molecule has 39 heavy (non-hydrogen) atoms. The van der Waals surface area contributed by atoms with Gasteiger partial charge in [0.25, 0.3) is 0 Å². The number of nitrogens with one attached hydrogen (secondary N) is 1. The van der Waals surface area contributed by atoms with Gasteiger partial charge in [-0.2, -0.15) is 5.26 Å². The number of hydrogen-bond acceptors (Lipinski definition) is 6. The Morgan fingerprint density at radius 1 is 0.769 bits per heavy atom. The summed E-state index contributed by atoms with van der Waals surface area (Å²) in [6.07, 6.45) is -1.27. The maximum Gasteiger partial charge on any atom is 0.408 e. The molecule has 4 aromatic rings. The van der Waals surface area contributed by atoms with Crippen LogP contribution in [0.1, 0.15) is 34.8 Å². The number of hydrogen-bond donors (Lipinski definition) is 1. The number of benzene rings is 4. The molecule has 0 aromatic heterocycles. The van der Waals surface area contributed by atoms with Crippen LogP contribution in [0.5, 0.6) is 5.75 Å². The minimum Gasteiger partial charge on any atom is -0.493 e. The van der Waals surface area contributed by atoms with Gasteiger partial charge < -0.3 is 19.5 Å². The second kappa shape index (κ2) is 14.0. The van der Waals surface area contributed by atoms with E-state index in [1.165, 1.54) is 0 Å². The molecule has 1 N–H and O–H groups in total. The summed E-state index contributed by atoms with van der Waals surface area (Å²) >= 11 is 0. The van der Waals surface area contributed by atoms with Gasteiger partial charge in [0.1, 0.15) is 18.4 Å². The molecule has 0 fully saturated rings. The normalized spacial score (nSPS) is 11.2. The Hall–Kier alpha value is -5.09. The molecule has 1 amide bonds. The van der Waals surface area contributed by atoms with Crippen LogP contribution in [-0.2, 0) is 20.9 Å². The predicted octanol–water partition coefficient (Wildman–Crippen LogP) is 5.95. The third kappa shape index (κ3) is 8.20. The molecule has 4 rings (SSSR count). The van der Waals surface area contributed by atoms with E-state index in [0.717, 1.165) is 16.7 Å². The molecule has 0 saturated carbocycles. The molecule has 7 nitrogen and oxygen atoms in total. The number of carbonyl (C=O) groups excluding carboxylic acids is 2. The van der Waals surface area contributed by atoms with Gasteiger partial charge in [-0.15, -0.1) is 0 Å². The molecule has 0 unspecified atom stereocenters. The number of nitrogens with zero attached hydrogens (tertiary/aromatic N) is 1. The number of esters is 1. The van der Waals surface area contributed by atoms with Crippen LogP contribution in [0.3, 0.4) is 0 Å². The van der Waals surface area contributed by atoms with Gasteiger partial charge in [-0.25, -0.2) is 9.59 Å². The Morgan fingerprint density at radius 3 is 1.90 bits per heavy atom. The quantitative estimate of drug-likeness (QED) is 0.245. The van der Waals surface area contributed by atoms with Crippen LogP contribution in [0.2, 0.25) is 0 Å². The van der Waals surface area contributed by atoms with Crippen molar-refractivity contribution < 1.29 is 23.8 Å². The monoisotopic (exact) mass is 520 g/mol. The second-order valence-corrected chi connectivity index (χ2v) is 8.67. The SMILES string of the molecule is N#Cc1ccc(OCC[C@@H](NC(=O)OCc2ccccc2)C(=O)OC(c2ccccc2)c2ccccc2)cc1. The van der Waals surface area contributed by atoms with Gasteiger partial charge in [0, 0.05) is 6.42 Å². The lowest BCUT2D eigenvalue weighted by Crippen LogP contribution is -2.43. The maximum atomic E-state index is 13.5. The van der Waals surface area contributed by atoms with E-state index < -0.39 is 24.2 Å². The molecule has 0 radical (unpaired) electrons. The first-order valence-electron chi connectivity index (χ1n) is 12.5. The Labute approximate surface area is 227 Å². The number of alkyl carbamates (subject to hydrolysis) is 1. The van der Waals surface area contributed by atoms with Crippen molar-refractivity contribution in [2.24, 2.45) is 0 Å². The summed E-state index contributed by atoms with van der Waals surface area (Å²) in [7, 11) is 0. The van der Waals surface area contributed by atoms with Crippen molar-refractivity contribution in [1.29, 1.82) is 5.26 Å². The lowest BCUT2D eigenvalue weighted by Gasteiger charge is -2.23. The Bertz CT molecular complexity index is 1330. The van der Waals surface area contributed by atoms with Crippen LogP contribution < -0.4 is 10.1 Å². The van der Waals surface area contributed by atoms with Crippen LogP contribution in [0, 0.1) is 11.3 Å². The van der Waals surface area contributed by atoms with Gasteiger partial charge >= 0.3 is 12.1 Å². The number of ether oxygens (including phenoxy) is 3. The van der Waals surface area contributed by atoms with Gasteiger partial charge in [0.05, 0.1) is 18.2 Å². The van der Waals surface area contributed by atoms with E-state index in [2.05, 4.69) is 11.4 Å². The summed E-state index contributed by atoms with van der Waals surface area (Å²) in [6.45, 7) is 0.179. The van der Waals surface area contributed by atoms with Crippen LogP contribution >= 0.6 is 0 Å². The molecule has 196 valence electrons. The van der Waals surface area contributed by atoms with Crippen molar-refractivity contribution in [2.45, 2.75) is 25.2 Å². The summed E-state index contributed by atoms with van der Waals surface area (Å²) < 4.78 is 17.1. The van der Waals surface area contributed by atoms with E-state index in [4.69, 9.17) is 19.5 Å². The number of nitriles is 1. The molecule has 1 atom stereocenters. The molecular weight excluding hydrogens is 492 g/mol. The molecule has 0 spiro atoms. The van der Waals surface area contributed by atoms with Crippen LogP contribution in [0.15, 0.2) is 115 Å². The molecule has 0 aliphatic rings. The minimum atomic E-state index is -1.03. The summed E-state index contributed by atoms with van der Waals surface area (Å²) in [5, 5.41) is 11.6.